The molecule has 1 aliphatic rings. The molecule has 0 spiro atoms. The highest BCUT2D eigenvalue weighted by Gasteiger charge is 2.32. The van der Waals surface area contributed by atoms with Gasteiger partial charge in [0.2, 0.25) is 20.0 Å². The summed E-state index contributed by atoms with van der Waals surface area (Å²) in [6, 6.07) is 13.8. The molecule has 1 aliphatic heterocycles. The summed E-state index contributed by atoms with van der Waals surface area (Å²) in [7, 11) is -7.10. The lowest BCUT2D eigenvalue weighted by Gasteiger charge is -2.33. The van der Waals surface area contributed by atoms with E-state index in [1.54, 1.807) is 48.5 Å². The van der Waals surface area contributed by atoms with Crippen molar-refractivity contribution >= 4 is 36.0 Å². The van der Waals surface area contributed by atoms with Crippen molar-refractivity contribution in [1.82, 2.24) is 8.61 Å². The fraction of sp³-hybridized carbons (Fsp3) is 0.333. The van der Waals surface area contributed by atoms with Gasteiger partial charge in [0, 0.05) is 30.7 Å². The Morgan fingerprint density at radius 3 is 1.89 bits per heavy atom. The van der Waals surface area contributed by atoms with E-state index in [4.69, 9.17) is 0 Å². The molecule has 0 N–H and O–H groups in total. The summed E-state index contributed by atoms with van der Waals surface area (Å²) in [6.07, 6.45) is 0. The molecule has 0 bridgehead atoms. The van der Waals surface area contributed by atoms with Crippen LogP contribution in [-0.4, -0.2) is 51.6 Å². The molecule has 0 aliphatic carbocycles. The van der Waals surface area contributed by atoms with Crippen LogP contribution in [0.4, 0.5) is 0 Å². The maximum atomic E-state index is 12.7. The van der Waals surface area contributed by atoms with E-state index < -0.39 is 20.0 Å². The largest absolute Gasteiger partial charge is 0.243 e. The van der Waals surface area contributed by atoms with Gasteiger partial charge in [0.05, 0.1) is 10.6 Å². The van der Waals surface area contributed by atoms with Gasteiger partial charge < -0.3 is 0 Å². The first-order chi connectivity index (χ1) is 12.7. The smallest absolute Gasteiger partial charge is 0.212 e. The number of benzene rings is 2. The number of rotatable bonds is 5. The first-order valence-corrected chi connectivity index (χ1v) is 12.3. The molecule has 27 heavy (non-hydrogen) atoms. The molecule has 6 nitrogen and oxygen atoms in total. The van der Waals surface area contributed by atoms with Crippen LogP contribution in [0, 0.1) is 6.92 Å². The number of sulfonamides is 2. The van der Waals surface area contributed by atoms with E-state index in [0.717, 1.165) is 10.0 Å². The average Bonchev–Trinajstić information content (AvgIpc) is 2.64. The predicted molar refractivity (Wildman–Crippen MR) is 108 cm³/mol. The Balaban J connectivity index is 1.67. The lowest BCUT2D eigenvalue weighted by molar-refractivity contribution is 0.272. The van der Waals surface area contributed by atoms with E-state index in [0.29, 0.717) is 5.56 Å². The standard InChI is InChI=1S/C18H21BrN2O4S2/c1-15-2-8-18(9-3-15)27(24,25)21-12-10-20(11-13-21)26(22,23)14-16-4-6-17(19)7-5-16/h2-9H,10-14H2,1H3. The van der Waals surface area contributed by atoms with E-state index in [2.05, 4.69) is 15.9 Å². The van der Waals surface area contributed by atoms with Gasteiger partial charge in [0.25, 0.3) is 0 Å². The van der Waals surface area contributed by atoms with E-state index in [1.807, 2.05) is 6.92 Å². The van der Waals surface area contributed by atoms with Crippen LogP contribution in [0.3, 0.4) is 0 Å². The molecule has 0 atom stereocenters. The Morgan fingerprint density at radius 1 is 0.815 bits per heavy atom. The highest BCUT2D eigenvalue weighted by molar-refractivity contribution is 9.10. The van der Waals surface area contributed by atoms with E-state index in [1.165, 1.54) is 8.61 Å². The topological polar surface area (TPSA) is 74.8 Å². The van der Waals surface area contributed by atoms with Crippen LogP contribution < -0.4 is 0 Å². The molecule has 0 unspecified atom stereocenters. The van der Waals surface area contributed by atoms with Crippen LogP contribution in [0.1, 0.15) is 11.1 Å². The maximum absolute atomic E-state index is 12.7. The molecule has 1 saturated heterocycles. The summed E-state index contributed by atoms with van der Waals surface area (Å²) in [5.41, 5.74) is 1.69. The predicted octanol–water partition coefficient (Wildman–Crippen LogP) is 2.59. The van der Waals surface area contributed by atoms with Gasteiger partial charge in [-0.3, -0.25) is 0 Å². The second-order valence-electron chi connectivity index (χ2n) is 6.50. The molecule has 0 aromatic heterocycles. The minimum atomic E-state index is -3.60. The fourth-order valence-electron chi connectivity index (χ4n) is 2.93. The molecule has 2 aromatic carbocycles. The lowest BCUT2D eigenvalue weighted by Crippen LogP contribution is -2.50. The summed E-state index contributed by atoms with van der Waals surface area (Å²) in [5, 5.41) is 0. The fourth-order valence-corrected chi connectivity index (χ4v) is 6.13. The zero-order valence-corrected chi connectivity index (χ0v) is 18.1. The highest BCUT2D eigenvalue weighted by Crippen LogP contribution is 2.21. The van der Waals surface area contributed by atoms with Crippen molar-refractivity contribution < 1.29 is 16.8 Å². The van der Waals surface area contributed by atoms with Gasteiger partial charge >= 0.3 is 0 Å². The molecule has 9 heteroatoms. The van der Waals surface area contributed by atoms with Gasteiger partial charge in [-0.15, -0.1) is 0 Å². The minimum Gasteiger partial charge on any atom is -0.212 e. The number of hydrogen-bond acceptors (Lipinski definition) is 4. The molecular weight excluding hydrogens is 452 g/mol. The third kappa shape index (κ3) is 4.78. The Kier molecular flexibility index (Phi) is 6.07. The van der Waals surface area contributed by atoms with Crippen molar-refractivity contribution in [3.8, 4) is 0 Å². The van der Waals surface area contributed by atoms with Crippen molar-refractivity contribution in [1.29, 1.82) is 0 Å². The molecule has 0 amide bonds. The maximum Gasteiger partial charge on any atom is 0.243 e. The minimum absolute atomic E-state index is 0.0923. The van der Waals surface area contributed by atoms with Gasteiger partial charge in [-0.05, 0) is 36.8 Å². The van der Waals surface area contributed by atoms with E-state index >= 15 is 0 Å². The van der Waals surface area contributed by atoms with Crippen LogP contribution in [0.2, 0.25) is 0 Å². The summed E-state index contributed by atoms with van der Waals surface area (Å²) in [5.74, 6) is -0.0923. The molecule has 3 rings (SSSR count). The number of hydrogen-bond donors (Lipinski definition) is 0. The van der Waals surface area contributed by atoms with Crippen molar-refractivity contribution in [2.75, 3.05) is 26.2 Å². The molecule has 0 saturated carbocycles. The second kappa shape index (κ2) is 8.00. The van der Waals surface area contributed by atoms with Crippen molar-refractivity contribution in [2.24, 2.45) is 0 Å². The molecule has 0 radical (unpaired) electrons. The Bertz CT molecular complexity index is 996. The number of piperazine rings is 1. The first-order valence-electron chi connectivity index (χ1n) is 8.47. The van der Waals surface area contributed by atoms with Crippen LogP contribution in [-0.2, 0) is 25.8 Å². The van der Waals surface area contributed by atoms with Gasteiger partial charge in [0.15, 0.2) is 0 Å². The number of halogens is 1. The van der Waals surface area contributed by atoms with Crippen molar-refractivity contribution in [3.05, 3.63) is 64.1 Å². The van der Waals surface area contributed by atoms with Gasteiger partial charge in [-0.25, -0.2) is 16.8 Å². The monoisotopic (exact) mass is 472 g/mol. The number of aryl methyl sites for hydroxylation is 1. The SMILES string of the molecule is Cc1ccc(S(=O)(=O)N2CCN(S(=O)(=O)Cc3ccc(Br)cc3)CC2)cc1. The quantitative estimate of drug-likeness (QED) is 0.669. The summed E-state index contributed by atoms with van der Waals surface area (Å²) >= 11 is 3.33. The second-order valence-corrected chi connectivity index (χ2v) is 11.3. The molecule has 1 heterocycles. The summed E-state index contributed by atoms with van der Waals surface area (Å²) < 4.78 is 54.4. The zero-order chi connectivity index (χ0) is 19.7. The van der Waals surface area contributed by atoms with Crippen LogP contribution in [0.5, 0.6) is 0 Å². The Morgan fingerprint density at radius 2 is 1.33 bits per heavy atom. The highest BCUT2D eigenvalue weighted by atomic mass is 79.9. The number of nitrogens with zero attached hydrogens (tertiary/aromatic N) is 2. The summed E-state index contributed by atoms with van der Waals surface area (Å²) in [4.78, 5) is 0.235. The zero-order valence-electron chi connectivity index (χ0n) is 14.9. The Hall–Kier alpha value is -1.26. The average molecular weight is 473 g/mol. The molecule has 1 fully saturated rings. The summed E-state index contributed by atoms with van der Waals surface area (Å²) in [6.45, 7) is 2.50. The van der Waals surface area contributed by atoms with Crippen LogP contribution in [0.15, 0.2) is 57.9 Å². The Labute approximate surface area is 169 Å². The molecule has 2 aromatic rings. The third-order valence-electron chi connectivity index (χ3n) is 4.51. The lowest BCUT2D eigenvalue weighted by atomic mass is 10.2. The van der Waals surface area contributed by atoms with E-state index in [-0.39, 0.29) is 36.8 Å². The molecule has 146 valence electrons. The van der Waals surface area contributed by atoms with Crippen molar-refractivity contribution in [3.63, 3.8) is 0 Å². The van der Waals surface area contributed by atoms with Gasteiger partial charge in [-0.2, -0.15) is 8.61 Å². The van der Waals surface area contributed by atoms with E-state index in [9.17, 15) is 16.8 Å². The normalized spacial score (nSPS) is 17.1. The first kappa shape index (κ1) is 20.5. The van der Waals surface area contributed by atoms with Gasteiger partial charge in [-0.1, -0.05) is 45.8 Å². The van der Waals surface area contributed by atoms with Crippen LogP contribution >= 0.6 is 15.9 Å². The molecular formula is C18H21BrN2O4S2. The van der Waals surface area contributed by atoms with Crippen molar-refractivity contribution in [2.45, 2.75) is 17.6 Å². The van der Waals surface area contributed by atoms with Gasteiger partial charge in [0.1, 0.15) is 0 Å². The third-order valence-corrected chi connectivity index (χ3v) is 8.80. The van der Waals surface area contributed by atoms with Crippen LogP contribution in [0.25, 0.3) is 0 Å².